The molecule has 0 saturated heterocycles. The summed E-state index contributed by atoms with van der Waals surface area (Å²) in [5, 5.41) is 11.1. The van der Waals surface area contributed by atoms with Crippen molar-refractivity contribution >= 4 is 22.5 Å². The molecule has 0 fully saturated rings. The number of alkyl halides is 3. The molecule has 0 aliphatic carbocycles. The number of halogens is 4. The molecule has 0 N–H and O–H groups in total. The Hall–Kier alpha value is -2.47. The summed E-state index contributed by atoms with van der Waals surface area (Å²) < 4.78 is 45.1. The Bertz CT molecular complexity index is 864. The van der Waals surface area contributed by atoms with Gasteiger partial charge in [0, 0.05) is 16.5 Å². The van der Waals surface area contributed by atoms with Crippen molar-refractivity contribution in [3.63, 3.8) is 0 Å². The molecule has 1 aromatic heterocycles. The third kappa shape index (κ3) is 3.32. The maximum atomic E-state index is 13.3. The van der Waals surface area contributed by atoms with Gasteiger partial charge in [0.2, 0.25) is 5.88 Å². The minimum atomic E-state index is -4.58. The van der Waals surface area contributed by atoms with E-state index >= 15 is 0 Å². The normalized spacial score (nSPS) is 11.7. The van der Waals surface area contributed by atoms with Crippen LogP contribution in [0.1, 0.15) is 5.56 Å². The number of hydrogen-bond donors (Lipinski definition) is 0. The number of hydrogen-bond acceptors (Lipinski definition) is 2. The van der Waals surface area contributed by atoms with Gasteiger partial charge in [-0.05, 0) is 42.5 Å². The Labute approximate surface area is 133 Å². The summed E-state index contributed by atoms with van der Waals surface area (Å²) in [5.41, 5.74) is -0.778. The Morgan fingerprint density at radius 3 is 2.35 bits per heavy atom. The number of ether oxygens (including phenoxy) is 1. The molecule has 0 spiro atoms. The van der Waals surface area contributed by atoms with Crippen LogP contribution in [0.15, 0.2) is 48.5 Å². The summed E-state index contributed by atoms with van der Waals surface area (Å²) in [5.74, 6) is -0.223. The minimum absolute atomic E-state index is 0.104. The van der Waals surface area contributed by atoms with Gasteiger partial charge in [-0.2, -0.15) is 13.2 Å². The van der Waals surface area contributed by atoms with Crippen LogP contribution in [0.25, 0.3) is 10.9 Å². The first-order chi connectivity index (χ1) is 10.8. The van der Waals surface area contributed by atoms with Crippen LogP contribution in [0.5, 0.6) is 17.4 Å². The lowest BCUT2D eigenvalue weighted by Crippen LogP contribution is -2.07. The topological polar surface area (TPSA) is 42.0 Å². The molecule has 0 amide bonds. The minimum Gasteiger partial charge on any atom is -0.439 e. The smallest absolute Gasteiger partial charge is 0.417 e. The maximum Gasteiger partial charge on any atom is 0.417 e. The first-order valence-electron chi connectivity index (χ1n) is 6.45. The molecule has 0 aliphatic heterocycles. The maximum absolute atomic E-state index is 13.3. The van der Waals surface area contributed by atoms with E-state index in [2.05, 4.69) is 4.98 Å². The molecule has 3 rings (SSSR count). The highest BCUT2D eigenvalue weighted by Gasteiger charge is 2.34. The molecule has 117 valence electrons. The van der Waals surface area contributed by atoms with Crippen molar-refractivity contribution in [1.29, 1.82) is 0 Å². The second kappa shape index (κ2) is 5.62. The zero-order valence-corrected chi connectivity index (χ0v) is 12.2. The average Bonchev–Trinajstić information content (AvgIpc) is 2.48. The largest absolute Gasteiger partial charge is 0.439 e. The van der Waals surface area contributed by atoms with Crippen LogP contribution < -0.4 is 4.74 Å². The third-order valence-corrected chi connectivity index (χ3v) is 3.33. The van der Waals surface area contributed by atoms with E-state index in [-0.39, 0.29) is 33.3 Å². The second-order valence-electron chi connectivity index (χ2n) is 4.74. The van der Waals surface area contributed by atoms with Crippen molar-refractivity contribution in [2.45, 2.75) is 6.18 Å². The molecular formula is C16H8ClF3NO2. The highest BCUT2D eigenvalue weighted by Crippen LogP contribution is 2.38. The van der Waals surface area contributed by atoms with Crippen molar-refractivity contribution in [2.75, 3.05) is 0 Å². The van der Waals surface area contributed by atoms with Crippen molar-refractivity contribution in [3.05, 3.63) is 59.1 Å². The summed E-state index contributed by atoms with van der Waals surface area (Å²) in [6, 6.07) is 10.1. The molecule has 0 atom stereocenters. The molecule has 0 aliphatic rings. The fourth-order valence-electron chi connectivity index (χ4n) is 2.09. The Balaban J connectivity index is 2.11. The van der Waals surface area contributed by atoms with Crippen LogP contribution in [-0.4, -0.2) is 4.98 Å². The first-order valence-corrected chi connectivity index (χ1v) is 6.83. The lowest BCUT2D eigenvalue weighted by molar-refractivity contribution is -0.136. The lowest BCUT2D eigenvalue weighted by Gasteiger charge is -2.13. The van der Waals surface area contributed by atoms with Gasteiger partial charge in [0.05, 0.1) is 11.1 Å². The van der Waals surface area contributed by atoms with Crippen LogP contribution >= 0.6 is 11.6 Å². The standard InChI is InChI=1S/C16H8ClF3NO2/c17-9-1-6-14-12(7-9)13(16(18,19)20)8-15(21-14)23-11-4-2-10(22)3-5-11/h1-8H. The van der Waals surface area contributed by atoms with Crippen LogP contribution in [-0.2, 0) is 11.3 Å². The number of rotatable bonds is 2. The highest BCUT2D eigenvalue weighted by molar-refractivity contribution is 6.31. The van der Waals surface area contributed by atoms with Crippen molar-refractivity contribution < 1.29 is 23.0 Å². The van der Waals surface area contributed by atoms with Crippen molar-refractivity contribution in [1.82, 2.24) is 4.98 Å². The average molecular weight is 339 g/mol. The van der Waals surface area contributed by atoms with Gasteiger partial charge >= 0.3 is 6.18 Å². The molecule has 7 heteroatoms. The van der Waals surface area contributed by atoms with Gasteiger partial charge in [-0.15, -0.1) is 0 Å². The quantitative estimate of drug-likeness (QED) is 0.588. The molecule has 23 heavy (non-hydrogen) atoms. The fraction of sp³-hybridized carbons (Fsp3) is 0.0625. The number of benzene rings is 2. The first kappa shape index (κ1) is 15.4. The zero-order chi connectivity index (χ0) is 16.6. The van der Waals surface area contributed by atoms with E-state index in [1.165, 1.54) is 42.5 Å². The summed E-state index contributed by atoms with van der Waals surface area (Å²) in [6.07, 6.45) is -4.58. The summed E-state index contributed by atoms with van der Waals surface area (Å²) in [7, 11) is 0. The van der Waals surface area contributed by atoms with Crippen LogP contribution in [0.2, 0.25) is 5.02 Å². The van der Waals surface area contributed by atoms with Gasteiger partial charge in [0.15, 0.2) is 5.75 Å². The van der Waals surface area contributed by atoms with Crippen molar-refractivity contribution in [3.8, 4) is 17.4 Å². The zero-order valence-electron chi connectivity index (χ0n) is 11.4. The van der Waals surface area contributed by atoms with Gasteiger partial charge in [-0.3, -0.25) is 5.11 Å². The number of fused-ring (bicyclic) bond motifs is 1. The number of aromatic nitrogens is 1. The van der Waals surface area contributed by atoms with Gasteiger partial charge in [0.25, 0.3) is 0 Å². The molecule has 0 bridgehead atoms. The number of pyridine rings is 1. The summed E-state index contributed by atoms with van der Waals surface area (Å²) >= 11 is 5.77. The predicted octanol–water partition coefficient (Wildman–Crippen LogP) is 5.84. The lowest BCUT2D eigenvalue weighted by atomic mass is 10.1. The van der Waals surface area contributed by atoms with E-state index in [0.717, 1.165) is 6.07 Å². The molecule has 3 aromatic rings. The highest BCUT2D eigenvalue weighted by atomic mass is 35.5. The van der Waals surface area contributed by atoms with E-state index in [1.54, 1.807) is 0 Å². The molecule has 2 aromatic carbocycles. The van der Waals surface area contributed by atoms with E-state index in [0.29, 0.717) is 0 Å². The van der Waals surface area contributed by atoms with Crippen LogP contribution in [0.4, 0.5) is 13.2 Å². The Morgan fingerprint density at radius 1 is 1.00 bits per heavy atom. The van der Waals surface area contributed by atoms with Crippen LogP contribution in [0, 0.1) is 0 Å². The molecular weight excluding hydrogens is 331 g/mol. The van der Waals surface area contributed by atoms with Gasteiger partial charge in [0.1, 0.15) is 5.75 Å². The molecule has 3 nitrogen and oxygen atoms in total. The monoisotopic (exact) mass is 338 g/mol. The summed E-state index contributed by atoms with van der Waals surface area (Å²) in [6.45, 7) is 0. The van der Waals surface area contributed by atoms with Gasteiger partial charge in [-0.1, -0.05) is 11.6 Å². The molecule has 1 radical (unpaired) electrons. The Morgan fingerprint density at radius 2 is 1.70 bits per heavy atom. The SMILES string of the molecule is [O]c1ccc(Oc2cc(C(F)(F)F)c3cc(Cl)ccc3n2)cc1. The van der Waals surface area contributed by atoms with Gasteiger partial charge in [-0.25, -0.2) is 4.98 Å². The summed E-state index contributed by atoms with van der Waals surface area (Å²) in [4.78, 5) is 4.05. The van der Waals surface area contributed by atoms with E-state index in [1.807, 2.05) is 0 Å². The van der Waals surface area contributed by atoms with Crippen LogP contribution in [0.3, 0.4) is 0 Å². The van der Waals surface area contributed by atoms with E-state index < -0.39 is 11.7 Å². The van der Waals surface area contributed by atoms with E-state index in [4.69, 9.17) is 16.3 Å². The molecule has 0 saturated carbocycles. The van der Waals surface area contributed by atoms with Gasteiger partial charge < -0.3 is 4.74 Å². The molecule has 0 unspecified atom stereocenters. The number of nitrogens with zero attached hydrogens (tertiary/aromatic N) is 1. The van der Waals surface area contributed by atoms with Crippen molar-refractivity contribution in [2.24, 2.45) is 0 Å². The Kier molecular flexibility index (Phi) is 3.77. The molecule has 1 heterocycles. The fourth-order valence-corrected chi connectivity index (χ4v) is 2.26. The third-order valence-electron chi connectivity index (χ3n) is 3.10. The predicted molar refractivity (Wildman–Crippen MR) is 78.4 cm³/mol. The second-order valence-corrected chi connectivity index (χ2v) is 5.18. The van der Waals surface area contributed by atoms with E-state index in [9.17, 15) is 18.3 Å².